The molecule has 5 heterocycles. The van der Waals surface area contributed by atoms with Crippen LogP contribution in [0.5, 0.6) is 0 Å². The van der Waals surface area contributed by atoms with Crippen molar-refractivity contribution in [1.82, 2.24) is 45.7 Å². The highest BCUT2D eigenvalue weighted by molar-refractivity contribution is 6.31. The van der Waals surface area contributed by atoms with Crippen molar-refractivity contribution in [2.75, 3.05) is 0 Å². The third kappa shape index (κ3) is 22.7. The number of rotatable bonds is 16. The molecule has 0 bridgehead atoms. The maximum absolute atomic E-state index is 13.2. The summed E-state index contributed by atoms with van der Waals surface area (Å²) in [7, 11) is 8.01. The van der Waals surface area contributed by atoms with Crippen LogP contribution in [0.3, 0.4) is 0 Å². The van der Waals surface area contributed by atoms with E-state index in [2.05, 4.69) is 0 Å². The lowest BCUT2D eigenvalue weighted by Gasteiger charge is -2.28. The zero-order valence-corrected chi connectivity index (χ0v) is 76.6. The summed E-state index contributed by atoms with van der Waals surface area (Å²) >= 11 is 29.5. The number of hydrogen-bond acceptors (Lipinski definition) is 10. The zero-order valence-electron chi connectivity index (χ0n) is 72.8. The Morgan fingerprint density at radius 1 is 0.258 bits per heavy atom. The van der Waals surface area contributed by atoms with Crippen LogP contribution in [0.25, 0.3) is 67.4 Å². The van der Waals surface area contributed by atoms with Gasteiger partial charge in [-0.2, -0.15) is 13.2 Å². The third-order valence-corrected chi connectivity index (χ3v) is 23.5. The lowest BCUT2D eigenvalue weighted by atomic mass is 9.94. The van der Waals surface area contributed by atoms with E-state index in [0.29, 0.717) is 64.6 Å². The van der Waals surface area contributed by atoms with Crippen LogP contribution in [0.4, 0.5) is 22.0 Å². The van der Waals surface area contributed by atoms with Crippen molar-refractivity contribution in [3.8, 4) is 67.4 Å². The molecule has 0 aliphatic heterocycles. The van der Waals surface area contributed by atoms with E-state index in [-0.39, 0.29) is 59.5 Å². The highest BCUT2D eigenvalue weighted by Crippen LogP contribution is 2.33. The predicted molar refractivity (Wildman–Crippen MR) is 513 cm³/mol. The molecular formula is C102H86Cl5F5N10O10. The minimum atomic E-state index is -4.45. The molecule has 0 fully saturated rings. The van der Waals surface area contributed by atoms with Gasteiger partial charge in [-0.3, -0.25) is 69.6 Å². The van der Waals surface area contributed by atoms with Gasteiger partial charge in [-0.05, 0) is 223 Å². The van der Waals surface area contributed by atoms with E-state index in [1.807, 2.05) is 124 Å². The molecule has 0 aliphatic carbocycles. The van der Waals surface area contributed by atoms with Gasteiger partial charge in [0.15, 0.2) is 0 Å². The van der Waals surface area contributed by atoms with Gasteiger partial charge < -0.3 is 0 Å². The van der Waals surface area contributed by atoms with Crippen LogP contribution in [0.15, 0.2) is 351 Å². The molecule has 0 atom stereocenters. The fourth-order valence-electron chi connectivity index (χ4n) is 14.7. The van der Waals surface area contributed by atoms with Crippen LogP contribution in [0.1, 0.15) is 66.6 Å². The Labute approximate surface area is 777 Å². The first-order valence-electron chi connectivity index (χ1n) is 40.9. The van der Waals surface area contributed by atoms with E-state index in [9.17, 15) is 69.9 Å². The Kier molecular flexibility index (Phi) is 30.4. The molecule has 11 aromatic carbocycles. The van der Waals surface area contributed by atoms with Crippen molar-refractivity contribution in [2.45, 2.75) is 71.5 Å². The summed E-state index contributed by atoms with van der Waals surface area (Å²) in [6, 6.07) is 83.3. The van der Waals surface area contributed by atoms with Crippen LogP contribution < -0.4 is 56.2 Å². The molecule has 0 aliphatic rings. The van der Waals surface area contributed by atoms with Gasteiger partial charge in [0.25, 0.3) is 27.8 Å². The maximum atomic E-state index is 13.2. The van der Waals surface area contributed by atoms with Gasteiger partial charge >= 0.3 is 34.6 Å². The van der Waals surface area contributed by atoms with Gasteiger partial charge in [0, 0.05) is 90.7 Å². The van der Waals surface area contributed by atoms with Gasteiger partial charge in [0.05, 0.1) is 64.7 Å². The fraction of sp³-hybridized carbons (Fsp3) is 0.157. The standard InChI is InChI=1S/C24H19ClN2O2.C21H21ClN2O2.C20H18ClFN2O2.C19H14ClF3N2O2.C18H14ClFN2O2/c1-26-22(20-11-9-19(10-12-20)18-5-3-2-4-6-18)15-23(28)27(24(26)29)16-17-7-13-21(25)14-8-17;1-14-5-7-15(8-6-14)18-13-19(25)24(20(26)23(18)4)21(2,3)16-9-11-17(22)12-10-16;1-20(2,14-6-8-15(21)9-7-14)24-18(25)12-17(23(3)19(24)26)13-4-10-16(22)11-5-13;1-24-16(13-4-6-14(7-5-13)19(21,22)23)10-17(26)25(18(24)27)11-12-2-8-15(20)9-3-12;1-21-16(13-4-8-15(20)9-5-13)10-17(23)22(18(21)24)11-12-2-6-14(19)7-3-12/h2-15H,16H2,1H3;5-13H,1-4H3;4-12H,1-3H3;2-10H,11H2,1H3;2-10H,11H2,1H3. The van der Waals surface area contributed by atoms with E-state index >= 15 is 0 Å². The van der Waals surface area contributed by atoms with Crippen molar-refractivity contribution in [2.24, 2.45) is 35.2 Å². The minimum absolute atomic E-state index is 0.0654. The summed E-state index contributed by atoms with van der Waals surface area (Å²) in [5, 5.41) is 2.93. The molecule has 0 radical (unpaired) electrons. The Bertz CT molecular complexity index is 7370. The molecule has 132 heavy (non-hydrogen) atoms. The minimum Gasteiger partial charge on any atom is -0.296 e. The first kappa shape index (κ1) is 97.0. The molecule has 20 nitrogen and oxygen atoms in total. The summed E-state index contributed by atoms with van der Waals surface area (Å²) in [5.74, 6) is -0.754. The molecule has 0 spiro atoms. The highest BCUT2D eigenvalue weighted by Gasteiger charge is 2.32. The Hall–Kier alpha value is -14.1. The summed E-state index contributed by atoms with van der Waals surface area (Å²) in [5.41, 5.74) is 6.17. The molecule has 0 N–H and O–H groups in total. The number of halogens is 10. The molecule has 0 saturated carbocycles. The quantitative estimate of drug-likeness (QED) is 0.0833. The fourth-order valence-corrected chi connectivity index (χ4v) is 15.3. The number of alkyl halides is 3. The van der Waals surface area contributed by atoms with Crippen LogP contribution in [-0.2, 0) is 72.1 Å². The average molecular weight is 1880 g/mol. The van der Waals surface area contributed by atoms with Gasteiger partial charge in [0.1, 0.15) is 11.6 Å². The van der Waals surface area contributed by atoms with Crippen molar-refractivity contribution >= 4 is 58.0 Å². The largest absolute Gasteiger partial charge is 0.416 e. The number of benzene rings is 11. The Morgan fingerprint density at radius 2 is 0.477 bits per heavy atom. The molecule has 5 aromatic heterocycles. The van der Waals surface area contributed by atoms with E-state index in [1.165, 1.54) is 135 Å². The molecule has 16 rings (SSSR count). The summed E-state index contributed by atoms with van der Waals surface area (Å²) < 4.78 is 77.3. The first-order chi connectivity index (χ1) is 62.6. The van der Waals surface area contributed by atoms with E-state index in [4.69, 9.17) is 58.0 Å². The van der Waals surface area contributed by atoms with Crippen molar-refractivity contribution < 1.29 is 22.0 Å². The summed E-state index contributed by atoms with van der Waals surface area (Å²) in [4.78, 5) is 127. The van der Waals surface area contributed by atoms with Crippen molar-refractivity contribution in [1.29, 1.82) is 0 Å². The van der Waals surface area contributed by atoms with Crippen LogP contribution in [0, 0.1) is 18.6 Å². The molecule has 30 heteroatoms. The normalized spacial score (nSPS) is 11.3. The smallest absolute Gasteiger partial charge is 0.296 e. The first-order valence-corrected chi connectivity index (χ1v) is 42.7. The van der Waals surface area contributed by atoms with Gasteiger partial charge in [0.2, 0.25) is 0 Å². The van der Waals surface area contributed by atoms with E-state index < -0.39 is 56.6 Å². The van der Waals surface area contributed by atoms with Gasteiger partial charge in [-0.1, -0.05) is 215 Å². The molecular weight excluding hydrogens is 1800 g/mol. The van der Waals surface area contributed by atoms with Crippen LogP contribution in [0.2, 0.25) is 25.1 Å². The molecule has 16 aromatic rings. The van der Waals surface area contributed by atoms with Crippen LogP contribution >= 0.6 is 58.0 Å². The Balaban J connectivity index is 0.000000149. The monoisotopic (exact) mass is 1880 g/mol. The second-order valence-electron chi connectivity index (χ2n) is 31.9. The van der Waals surface area contributed by atoms with Crippen molar-refractivity contribution in [3.63, 3.8) is 0 Å². The summed E-state index contributed by atoms with van der Waals surface area (Å²) in [6.07, 6.45) is -4.45. The lowest BCUT2D eigenvalue weighted by molar-refractivity contribution is -0.137. The number of hydrogen-bond donors (Lipinski definition) is 0. The zero-order chi connectivity index (χ0) is 95.5. The summed E-state index contributed by atoms with van der Waals surface area (Å²) in [6.45, 7) is 9.73. The van der Waals surface area contributed by atoms with Crippen molar-refractivity contribution in [3.05, 3.63) is 483 Å². The highest BCUT2D eigenvalue weighted by atomic mass is 35.5. The molecule has 674 valence electrons. The SMILES string of the molecule is Cc1ccc(-c2cc(=O)n(C(C)(C)c3ccc(Cl)cc3)c(=O)n2C)cc1.Cn1c(-c2ccc(-c3ccccc3)cc2)cc(=O)n(Cc2ccc(Cl)cc2)c1=O.Cn1c(-c2ccc(C(F)(F)F)cc2)cc(=O)n(Cc2ccc(Cl)cc2)c1=O.Cn1c(-c2ccc(F)cc2)cc(=O)n(C(C)(C)c2ccc(Cl)cc2)c1=O.Cn1c(-c2ccc(F)cc2)cc(=O)n(Cc2ccc(Cl)cc2)c1=O. The number of nitrogens with zero attached hydrogens (tertiary/aromatic N) is 10. The molecule has 0 saturated heterocycles. The van der Waals surface area contributed by atoms with Gasteiger partial charge in [-0.15, -0.1) is 0 Å². The topological polar surface area (TPSA) is 220 Å². The average Bonchev–Trinajstić information content (AvgIpc) is 0.745. The predicted octanol–water partition coefficient (Wildman–Crippen LogP) is 19.3. The Morgan fingerprint density at radius 3 is 0.758 bits per heavy atom. The second kappa shape index (κ2) is 41.4. The molecule has 0 amide bonds. The number of aryl methyl sites for hydroxylation is 1. The lowest BCUT2D eigenvalue weighted by Crippen LogP contribution is -2.49. The van der Waals surface area contributed by atoms with E-state index in [0.717, 1.165) is 76.9 Å². The third-order valence-electron chi connectivity index (χ3n) is 22.3. The maximum Gasteiger partial charge on any atom is 0.416 e. The van der Waals surface area contributed by atoms with Gasteiger partial charge in [-0.25, -0.2) is 32.8 Å². The van der Waals surface area contributed by atoms with Crippen LogP contribution in [-0.4, -0.2) is 45.7 Å². The number of aromatic nitrogens is 10. The van der Waals surface area contributed by atoms with E-state index in [1.54, 1.807) is 139 Å². The second-order valence-corrected chi connectivity index (χ2v) is 34.1. The molecule has 0 unspecified atom stereocenters.